The molecule has 0 saturated heterocycles. The Morgan fingerprint density at radius 2 is 1.65 bits per heavy atom. The lowest BCUT2D eigenvalue weighted by Gasteiger charge is -2.04. The Labute approximate surface area is 132 Å². The Morgan fingerprint density at radius 3 is 2.35 bits per heavy atom. The molecule has 3 rings (SSSR count). The molecule has 1 heterocycles. The number of hydrogen-bond acceptors (Lipinski definition) is 4. The van der Waals surface area contributed by atoms with E-state index in [-0.39, 0.29) is 18.1 Å². The second kappa shape index (κ2) is 6.27. The Kier molecular flexibility index (Phi) is 4.01. The average molecular weight is 309 g/mol. The Bertz CT molecular complexity index is 804. The van der Waals surface area contributed by atoms with Crippen LogP contribution in [-0.2, 0) is 11.3 Å². The average Bonchev–Trinajstić information content (AvgIpc) is 3.03. The molecule has 0 radical (unpaired) electrons. The SMILES string of the molecule is O=C(OCc1ccccc1)c1ccc(-c2cc(O)cc(O)c2)[nH]1. The maximum atomic E-state index is 12.0. The summed E-state index contributed by atoms with van der Waals surface area (Å²) in [5.41, 5.74) is 2.39. The zero-order valence-corrected chi connectivity index (χ0v) is 12.2. The van der Waals surface area contributed by atoms with Gasteiger partial charge in [0, 0.05) is 17.3 Å². The number of nitrogens with one attached hydrogen (secondary N) is 1. The number of aromatic nitrogens is 1. The molecule has 0 bridgehead atoms. The first-order valence-corrected chi connectivity index (χ1v) is 7.05. The van der Waals surface area contributed by atoms with Crippen LogP contribution in [0, 0.1) is 0 Å². The molecule has 0 amide bonds. The highest BCUT2D eigenvalue weighted by atomic mass is 16.5. The Morgan fingerprint density at radius 1 is 0.957 bits per heavy atom. The van der Waals surface area contributed by atoms with Crippen LogP contribution in [0.2, 0.25) is 0 Å². The van der Waals surface area contributed by atoms with E-state index in [4.69, 9.17) is 4.74 Å². The molecule has 116 valence electrons. The lowest BCUT2D eigenvalue weighted by atomic mass is 10.1. The van der Waals surface area contributed by atoms with Crippen molar-refractivity contribution >= 4 is 5.97 Å². The molecule has 0 saturated carbocycles. The van der Waals surface area contributed by atoms with Crippen molar-refractivity contribution in [1.29, 1.82) is 0 Å². The van der Waals surface area contributed by atoms with E-state index in [2.05, 4.69) is 4.98 Å². The first-order chi connectivity index (χ1) is 11.1. The van der Waals surface area contributed by atoms with Crippen LogP contribution < -0.4 is 0 Å². The highest BCUT2D eigenvalue weighted by Crippen LogP contribution is 2.28. The monoisotopic (exact) mass is 309 g/mol. The highest BCUT2D eigenvalue weighted by molar-refractivity contribution is 5.88. The highest BCUT2D eigenvalue weighted by Gasteiger charge is 2.12. The smallest absolute Gasteiger partial charge is 0.355 e. The van der Waals surface area contributed by atoms with Crippen LogP contribution >= 0.6 is 0 Å². The topological polar surface area (TPSA) is 82.6 Å². The van der Waals surface area contributed by atoms with Crippen LogP contribution in [0.4, 0.5) is 0 Å². The van der Waals surface area contributed by atoms with Gasteiger partial charge in [-0.1, -0.05) is 30.3 Å². The predicted molar refractivity (Wildman–Crippen MR) is 85.1 cm³/mol. The van der Waals surface area contributed by atoms with Crippen LogP contribution in [0.3, 0.4) is 0 Å². The molecule has 0 aliphatic heterocycles. The van der Waals surface area contributed by atoms with Crippen molar-refractivity contribution in [2.45, 2.75) is 6.61 Å². The van der Waals surface area contributed by atoms with Gasteiger partial charge in [0.1, 0.15) is 23.8 Å². The fraction of sp³-hybridized carbons (Fsp3) is 0.0556. The summed E-state index contributed by atoms with van der Waals surface area (Å²) >= 11 is 0. The van der Waals surface area contributed by atoms with E-state index >= 15 is 0 Å². The number of H-pyrrole nitrogens is 1. The molecule has 0 unspecified atom stereocenters. The van der Waals surface area contributed by atoms with Gasteiger partial charge in [0.15, 0.2) is 0 Å². The van der Waals surface area contributed by atoms with E-state index in [1.54, 1.807) is 12.1 Å². The summed E-state index contributed by atoms with van der Waals surface area (Å²) < 4.78 is 5.24. The van der Waals surface area contributed by atoms with Gasteiger partial charge in [-0.05, 0) is 29.8 Å². The number of phenolic OH excluding ortho intramolecular Hbond substituents is 2. The minimum Gasteiger partial charge on any atom is -0.508 e. The predicted octanol–water partition coefficient (Wildman–Crippen LogP) is 3.45. The molecule has 5 nitrogen and oxygen atoms in total. The molecule has 3 N–H and O–H groups in total. The lowest BCUT2D eigenvalue weighted by Crippen LogP contribution is -2.05. The number of esters is 1. The molecule has 5 heteroatoms. The molecule has 1 aromatic heterocycles. The molecular formula is C18H15NO4. The molecule has 0 aliphatic carbocycles. The second-order valence-electron chi connectivity index (χ2n) is 5.09. The number of ether oxygens (including phenoxy) is 1. The van der Waals surface area contributed by atoms with E-state index in [0.717, 1.165) is 5.56 Å². The molecule has 0 aliphatic rings. The summed E-state index contributed by atoms with van der Waals surface area (Å²) in [5.74, 6) is -0.574. The van der Waals surface area contributed by atoms with Gasteiger partial charge in [-0.25, -0.2) is 4.79 Å². The normalized spacial score (nSPS) is 10.4. The maximum Gasteiger partial charge on any atom is 0.355 e. The van der Waals surface area contributed by atoms with Crippen LogP contribution in [0.25, 0.3) is 11.3 Å². The third kappa shape index (κ3) is 3.52. The number of phenols is 2. The number of rotatable bonds is 4. The quantitative estimate of drug-likeness (QED) is 0.645. The largest absolute Gasteiger partial charge is 0.508 e. The lowest BCUT2D eigenvalue weighted by molar-refractivity contribution is 0.0466. The zero-order chi connectivity index (χ0) is 16.2. The van der Waals surface area contributed by atoms with Crippen molar-refractivity contribution in [3.63, 3.8) is 0 Å². The third-order valence-corrected chi connectivity index (χ3v) is 3.33. The summed E-state index contributed by atoms with van der Waals surface area (Å²) in [4.78, 5) is 15.0. The minimum atomic E-state index is -0.468. The van der Waals surface area contributed by atoms with Crippen molar-refractivity contribution < 1.29 is 19.7 Å². The van der Waals surface area contributed by atoms with E-state index in [1.807, 2.05) is 30.3 Å². The van der Waals surface area contributed by atoms with E-state index in [1.165, 1.54) is 18.2 Å². The summed E-state index contributed by atoms with van der Waals surface area (Å²) in [7, 11) is 0. The van der Waals surface area contributed by atoms with Gasteiger partial charge in [-0.15, -0.1) is 0 Å². The number of aromatic hydroxyl groups is 2. The minimum absolute atomic E-state index is 0.0530. The van der Waals surface area contributed by atoms with Gasteiger partial charge < -0.3 is 19.9 Å². The standard InChI is InChI=1S/C18H15NO4/c20-14-8-13(9-15(21)10-14)16-6-7-17(19-16)18(22)23-11-12-4-2-1-3-5-12/h1-10,19-21H,11H2. The summed E-state index contributed by atoms with van der Waals surface area (Å²) in [6.45, 7) is 0.195. The number of carbonyl (C=O) groups excluding carboxylic acids is 1. The van der Waals surface area contributed by atoms with Crippen LogP contribution in [0.1, 0.15) is 16.1 Å². The van der Waals surface area contributed by atoms with Gasteiger partial charge in [-0.2, -0.15) is 0 Å². The van der Waals surface area contributed by atoms with E-state index in [9.17, 15) is 15.0 Å². The van der Waals surface area contributed by atoms with Gasteiger partial charge in [0.2, 0.25) is 0 Å². The third-order valence-electron chi connectivity index (χ3n) is 3.33. The van der Waals surface area contributed by atoms with Crippen molar-refractivity contribution in [3.8, 4) is 22.8 Å². The fourth-order valence-corrected chi connectivity index (χ4v) is 2.23. The Hall–Kier alpha value is -3.21. The van der Waals surface area contributed by atoms with Crippen molar-refractivity contribution in [3.05, 3.63) is 71.9 Å². The van der Waals surface area contributed by atoms with E-state index < -0.39 is 5.97 Å². The first kappa shape index (κ1) is 14.7. The molecule has 2 aromatic carbocycles. The van der Waals surface area contributed by atoms with E-state index in [0.29, 0.717) is 17.0 Å². The van der Waals surface area contributed by atoms with Crippen LogP contribution in [0.15, 0.2) is 60.7 Å². The fourth-order valence-electron chi connectivity index (χ4n) is 2.23. The number of benzene rings is 2. The van der Waals surface area contributed by atoms with Crippen molar-refractivity contribution in [1.82, 2.24) is 4.98 Å². The number of aromatic amines is 1. The molecule has 0 fully saturated rings. The van der Waals surface area contributed by atoms with Crippen molar-refractivity contribution in [2.24, 2.45) is 0 Å². The van der Waals surface area contributed by atoms with Crippen LogP contribution in [-0.4, -0.2) is 21.2 Å². The second-order valence-corrected chi connectivity index (χ2v) is 5.09. The molecule has 0 spiro atoms. The summed E-state index contributed by atoms with van der Waals surface area (Å²) in [6, 6.07) is 16.9. The summed E-state index contributed by atoms with van der Waals surface area (Å²) in [6.07, 6.45) is 0. The zero-order valence-electron chi connectivity index (χ0n) is 12.2. The summed E-state index contributed by atoms with van der Waals surface area (Å²) in [5, 5.41) is 19.0. The molecule has 3 aromatic rings. The maximum absolute atomic E-state index is 12.0. The van der Waals surface area contributed by atoms with Crippen molar-refractivity contribution in [2.75, 3.05) is 0 Å². The van der Waals surface area contributed by atoms with Gasteiger partial charge in [0.05, 0.1) is 0 Å². The molecule has 23 heavy (non-hydrogen) atoms. The first-order valence-electron chi connectivity index (χ1n) is 7.05. The Balaban J connectivity index is 1.72. The number of carbonyl (C=O) groups is 1. The molecular weight excluding hydrogens is 294 g/mol. The van der Waals surface area contributed by atoms with Crippen LogP contribution in [0.5, 0.6) is 11.5 Å². The molecule has 0 atom stereocenters. The number of hydrogen-bond donors (Lipinski definition) is 3. The van der Waals surface area contributed by atoms with Gasteiger partial charge in [-0.3, -0.25) is 0 Å². The van der Waals surface area contributed by atoms with Gasteiger partial charge in [0.25, 0.3) is 0 Å². The van der Waals surface area contributed by atoms with Gasteiger partial charge >= 0.3 is 5.97 Å².